The van der Waals surface area contributed by atoms with Gasteiger partial charge in [-0.2, -0.15) is 0 Å². The molecular weight excluding hydrogens is 552 g/mol. The molecule has 9 aromatic rings. The molecule has 0 unspecified atom stereocenters. The van der Waals surface area contributed by atoms with Crippen molar-refractivity contribution in [1.82, 2.24) is 19.9 Å². The molecule has 9 rings (SSSR count). The lowest BCUT2D eigenvalue weighted by Crippen LogP contribution is -1.96. The summed E-state index contributed by atoms with van der Waals surface area (Å²) < 4.78 is 6.63. The minimum absolute atomic E-state index is 0.679. The largest absolute Gasteiger partial charge is 0.455 e. The highest BCUT2D eigenvalue weighted by Crippen LogP contribution is 2.41. The van der Waals surface area contributed by atoms with E-state index < -0.39 is 0 Å². The third-order valence-corrected chi connectivity index (χ3v) is 8.33. The Bertz CT molecular complexity index is 2480. The van der Waals surface area contributed by atoms with Crippen LogP contribution in [0.1, 0.15) is 0 Å². The highest BCUT2D eigenvalue weighted by molar-refractivity contribution is 6.15. The van der Waals surface area contributed by atoms with E-state index in [0.29, 0.717) is 5.82 Å². The van der Waals surface area contributed by atoms with E-state index in [9.17, 15) is 0 Å². The van der Waals surface area contributed by atoms with Gasteiger partial charge in [0.15, 0.2) is 5.82 Å². The average Bonchev–Trinajstić information content (AvgIpc) is 3.51. The van der Waals surface area contributed by atoms with Gasteiger partial charge in [-0.1, -0.05) is 109 Å². The molecule has 5 nitrogen and oxygen atoms in total. The minimum Gasteiger partial charge on any atom is -0.455 e. The summed E-state index contributed by atoms with van der Waals surface area (Å²) in [6.07, 6.45) is 1.82. The van der Waals surface area contributed by atoms with E-state index in [1.165, 1.54) is 0 Å². The van der Waals surface area contributed by atoms with Crippen molar-refractivity contribution < 1.29 is 4.42 Å². The first-order valence-electron chi connectivity index (χ1n) is 14.9. The second-order valence-electron chi connectivity index (χ2n) is 11.1. The second kappa shape index (κ2) is 10.2. The van der Waals surface area contributed by atoms with Crippen molar-refractivity contribution in [1.29, 1.82) is 0 Å². The number of hydrogen-bond donors (Lipinski definition) is 0. The van der Waals surface area contributed by atoms with Crippen molar-refractivity contribution in [2.45, 2.75) is 0 Å². The fraction of sp³-hybridized carbons (Fsp3) is 0. The predicted octanol–water partition coefficient (Wildman–Crippen LogP) is 10.1. The van der Waals surface area contributed by atoms with Crippen LogP contribution >= 0.6 is 0 Å². The first-order valence-corrected chi connectivity index (χ1v) is 14.9. The van der Waals surface area contributed by atoms with Crippen molar-refractivity contribution in [3.8, 4) is 45.2 Å². The lowest BCUT2D eigenvalue weighted by Gasteiger charge is -2.10. The molecule has 0 aliphatic rings. The molecule has 0 saturated heterocycles. The standard InChI is InChI=1S/C40H24N4O/c1-3-10-25(11-4-1)33-24-34(44-40(43-33)28-12-5-2-6-13-28)29-15-8-18-35-36(29)31-17-7-16-30(39(31)45-35)32-22-21-27-20-19-26-14-9-23-41-37(26)38(27)42-32/h1-24H. The van der Waals surface area contributed by atoms with Gasteiger partial charge in [-0.15, -0.1) is 0 Å². The van der Waals surface area contributed by atoms with Gasteiger partial charge in [0.1, 0.15) is 11.2 Å². The summed E-state index contributed by atoms with van der Waals surface area (Å²) in [6, 6.07) is 47.2. The molecule has 0 atom stereocenters. The molecule has 5 aromatic carbocycles. The summed E-state index contributed by atoms with van der Waals surface area (Å²) in [6.45, 7) is 0. The molecule has 0 bridgehead atoms. The fourth-order valence-electron chi connectivity index (χ4n) is 6.20. The molecular formula is C40H24N4O. The number of rotatable bonds is 4. The lowest BCUT2D eigenvalue weighted by atomic mass is 9.99. The van der Waals surface area contributed by atoms with E-state index in [0.717, 1.165) is 83.1 Å². The van der Waals surface area contributed by atoms with Crippen molar-refractivity contribution in [2.24, 2.45) is 0 Å². The van der Waals surface area contributed by atoms with Crippen LogP contribution in [0.2, 0.25) is 0 Å². The summed E-state index contributed by atoms with van der Waals surface area (Å²) in [5.74, 6) is 0.679. The van der Waals surface area contributed by atoms with Crippen molar-refractivity contribution in [3.05, 3.63) is 146 Å². The van der Waals surface area contributed by atoms with Gasteiger partial charge in [0.05, 0.1) is 28.1 Å². The Morgan fingerprint density at radius 2 is 1.18 bits per heavy atom. The number of pyridine rings is 2. The van der Waals surface area contributed by atoms with Crippen LogP contribution in [0, 0.1) is 0 Å². The number of hydrogen-bond acceptors (Lipinski definition) is 5. The predicted molar refractivity (Wildman–Crippen MR) is 182 cm³/mol. The Labute approximate surface area is 258 Å². The maximum atomic E-state index is 6.63. The first-order chi connectivity index (χ1) is 22.3. The number of furan rings is 1. The quantitative estimate of drug-likeness (QED) is 0.195. The molecule has 0 spiro atoms. The number of benzene rings is 5. The van der Waals surface area contributed by atoms with Crippen LogP contribution < -0.4 is 0 Å². The minimum atomic E-state index is 0.679. The van der Waals surface area contributed by atoms with Crippen molar-refractivity contribution in [2.75, 3.05) is 0 Å². The van der Waals surface area contributed by atoms with E-state index in [1.807, 2.05) is 72.9 Å². The van der Waals surface area contributed by atoms with E-state index in [-0.39, 0.29) is 0 Å². The van der Waals surface area contributed by atoms with Gasteiger partial charge in [0.25, 0.3) is 0 Å². The van der Waals surface area contributed by atoms with Crippen LogP contribution in [-0.4, -0.2) is 19.9 Å². The Hall–Kier alpha value is -6.20. The van der Waals surface area contributed by atoms with Crippen LogP contribution in [0.3, 0.4) is 0 Å². The third kappa shape index (κ3) is 4.25. The van der Waals surface area contributed by atoms with Crippen LogP contribution in [0.5, 0.6) is 0 Å². The zero-order valence-corrected chi connectivity index (χ0v) is 24.1. The van der Waals surface area contributed by atoms with Crippen molar-refractivity contribution in [3.63, 3.8) is 0 Å². The molecule has 0 N–H and O–H groups in total. The molecule has 4 aromatic heterocycles. The maximum Gasteiger partial charge on any atom is 0.160 e. The summed E-state index contributed by atoms with van der Waals surface area (Å²) >= 11 is 0. The number of fused-ring (bicyclic) bond motifs is 6. The first kappa shape index (κ1) is 25.3. The van der Waals surface area contributed by atoms with Gasteiger partial charge < -0.3 is 4.42 Å². The molecule has 0 aliphatic carbocycles. The fourth-order valence-corrected chi connectivity index (χ4v) is 6.20. The van der Waals surface area contributed by atoms with Crippen LogP contribution in [0.25, 0.3) is 88.9 Å². The molecule has 0 saturated carbocycles. The number of nitrogens with zero attached hydrogens (tertiary/aromatic N) is 4. The van der Waals surface area contributed by atoms with E-state index >= 15 is 0 Å². The molecule has 0 aliphatic heterocycles. The number of aromatic nitrogens is 4. The zero-order chi connectivity index (χ0) is 29.7. The van der Waals surface area contributed by atoms with Crippen LogP contribution in [-0.2, 0) is 0 Å². The van der Waals surface area contributed by atoms with E-state index in [2.05, 4.69) is 77.8 Å². The molecule has 0 amide bonds. The molecule has 210 valence electrons. The van der Waals surface area contributed by atoms with Gasteiger partial charge in [-0.05, 0) is 30.3 Å². The normalized spacial score (nSPS) is 11.6. The molecule has 5 heteroatoms. The van der Waals surface area contributed by atoms with Gasteiger partial charge in [-0.3, -0.25) is 4.98 Å². The zero-order valence-electron chi connectivity index (χ0n) is 24.1. The monoisotopic (exact) mass is 576 g/mol. The van der Waals surface area contributed by atoms with Gasteiger partial charge in [0.2, 0.25) is 0 Å². The van der Waals surface area contributed by atoms with Gasteiger partial charge >= 0.3 is 0 Å². The highest BCUT2D eigenvalue weighted by atomic mass is 16.3. The van der Waals surface area contributed by atoms with E-state index in [1.54, 1.807) is 0 Å². The smallest absolute Gasteiger partial charge is 0.160 e. The summed E-state index contributed by atoms with van der Waals surface area (Å²) in [4.78, 5) is 19.9. The molecule has 0 radical (unpaired) electrons. The molecule has 45 heavy (non-hydrogen) atoms. The van der Waals surface area contributed by atoms with Gasteiger partial charge in [-0.25, -0.2) is 15.0 Å². The summed E-state index contributed by atoms with van der Waals surface area (Å²) in [5.41, 5.74) is 9.82. The Balaban J connectivity index is 1.27. The van der Waals surface area contributed by atoms with Crippen molar-refractivity contribution >= 4 is 43.7 Å². The topological polar surface area (TPSA) is 64.7 Å². The molecule has 4 heterocycles. The van der Waals surface area contributed by atoms with Crippen LogP contribution in [0.4, 0.5) is 0 Å². The lowest BCUT2D eigenvalue weighted by molar-refractivity contribution is 0.670. The summed E-state index contributed by atoms with van der Waals surface area (Å²) in [7, 11) is 0. The van der Waals surface area contributed by atoms with Gasteiger partial charge in [0, 0.05) is 50.0 Å². The third-order valence-electron chi connectivity index (χ3n) is 8.33. The summed E-state index contributed by atoms with van der Waals surface area (Å²) in [5, 5.41) is 4.14. The molecule has 0 fully saturated rings. The number of para-hydroxylation sites is 1. The highest BCUT2D eigenvalue weighted by Gasteiger charge is 2.19. The SMILES string of the molecule is c1ccc(-c2cc(-c3cccc4oc5c(-c6ccc7ccc8cccnc8c7n6)cccc5c34)nc(-c3ccccc3)n2)cc1. The second-order valence-corrected chi connectivity index (χ2v) is 11.1. The Morgan fingerprint density at radius 3 is 2.02 bits per heavy atom. The Kier molecular flexibility index (Phi) is 5.74. The maximum absolute atomic E-state index is 6.63. The van der Waals surface area contributed by atoms with E-state index in [4.69, 9.17) is 19.4 Å². The van der Waals surface area contributed by atoms with Crippen LogP contribution in [0.15, 0.2) is 150 Å². The average molecular weight is 577 g/mol. The Morgan fingerprint density at radius 1 is 0.467 bits per heavy atom.